The van der Waals surface area contributed by atoms with Crippen LogP contribution in [0, 0.1) is 18.7 Å². The minimum absolute atomic E-state index is 0.00535. The Morgan fingerprint density at radius 2 is 2.12 bits per heavy atom. The predicted molar refractivity (Wildman–Crippen MR) is 121 cm³/mol. The van der Waals surface area contributed by atoms with E-state index in [0.29, 0.717) is 36.8 Å². The van der Waals surface area contributed by atoms with Crippen LogP contribution in [0.1, 0.15) is 49.3 Å². The van der Waals surface area contributed by atoms with E-state index in [0.717, 1.165) is 17.3 Å². The summed E-state index contributed by atoms with van der Waals surface area (Å²) < 4.78 is 30.3. The maximum absolute atomic E-state index is 15.0. The lowest BCUT2D eigenvalue weighted by molar-refractivity contribution is -0.107. The molecule has 4 rings (SSSR count). The van der Waals surface area contributed by atoms with Crippen molar-refractivity contribution in [3.63, 3.8) is 0 Å². The molecule has 2 N–H and O–H groups in total. The average molecular weight is 461 g/mol. The van der Waals surface area contributed by atoms with Gasteiger partial charge >= 0.3 is 0 Å². The van der Waals surface area contributed by atoms with Crippen molar-refractivity contribution in [1.29, 1.82) is 0 Å². The number of hydrogen-bond donors (Lipinski definition) is 2. The molecule has 1 aliphatic carbocycles. The van der Waals surface area contributed by atoms with Crippen molar-refractivity contribution < 1.29 is 19.0 Å². The van der Waals surface area contributed by atoms with Gasteiger partial charge in [0.1, 0.15) is 11.6 Å². The standard InChI is InChI=1S/C25H27ClF2N2O2/c1-3-19(27)18(26)7-5-16-8-10-25(32,11-9-16)22(31)12-20-23-17(6-4-15(2)24(23)28)21-13-29-14-30(20)21/h3-7,13-14,16,20,22,31-32H,1,8-12H2,2H3/b7-5+,19-18-. The van der Waals surface area contributed by atoms with E-state index in [9.17, 15) is 14.6 Å². The molecule has 7 heteroatoms. The Morgan fingerprint density at radius 1 is 1.41 bits per heavy atom. The summed E-state index contributed by atoms with van der Waals surface area (Å²) in [6, 6.07) is 3.20. The van der Waals surface area contributed by atoms with Gasteiger partial charge in [0.2, 0.25) is 0 Å². The molecule has 2 atom stereocenters. The van der Waals surface area contributed by atoms with Crippen molar-refractivity contribution >= 4 is 11.6 Å². The van der Waals surface area contributed by atoms with Crippen molar-refractivity contribution in [3.05, 3.63) is 77.3 Å². The first-order valence-corrected chi connectivity index (χ1v) is 11.2. The number of benzene rings is 1. The molecule has 2 unspecified atom stereocenters. The van der Waals surface area contributed by atoms with Gasteiger partial charge in [0.25, 0.3) is 0 Å². The monoisotopic (exact) mass is 460 g/mol. The Kier molecular flexibility index (Phi) is 6.39. The molecule has 1 saturated carbocycles. The smallest absolute Gasteiger partial charge is 0.141 e. The predicted octanol–water partition coefficient (Wildman–Crippen LogP) is 5.73. The topological polar surface area (TPSA) is 58.3 Å². The van der Waals surface area contributed by atoms with Crippen molar-refractivity contribution in [2.45, 2.75) is 56.8 Å². The molecular formula is C25H27ClF2N2O2. The summed E-state index contributed by atoms with van der Waals surface area (Å²) >= 11 is 5.87. The lowest BCUT2D eigenvalue weighted by Crippen LogP contribution is -2.46. The highest BCUT2D eigenvalue weighted by Crippen LogP contribution is 2.46. The number of imidazole rings is 1. The number of nitrogens with zero attached hydrogens (tertiary/aromatic N) is 2. The first-order chi connectivity index (χ1) is 15.2. The third kappa shape index (κ3) is 4.07. The van der Waals surface area contributed by atoms with Gasteiger partial charge in [0.15, 0.2) is 0 Å². The Morgan fingerprint density at radius 3 is 2.81 bits per heavy atom. The van der Waals surface area contributed by atoms with Gasteiger partial charge in [-0.05, 0) is 56.2 Å². The molecular weight excluding hydrogens is 434 g/mol. The SMILES string of the molecule is C=C/C(F)=C(Cl)\C=C\C1CCC(O)(C(O)CC2c3c(ccc(C)c3F)-c3cncn32)CC1. The summed E-state index contributed by atoms with van der Waals surface area (Å²) in [7, 11) is 0. The summed E-state index contributed by atoms with van der Waals surface area (Å²) in [6.45, 7) is 5.07. The molecule has 2 heterocycles. The van der Waals surface area contributed by atoms with Gasteiger partial charge in [-0.1, -0.05) is 36.4 Å². The van der Waals surface area contributed by atoms with Crippen molar-refractivity contribution in [1.82, 2.24) is 9.55 Å². The molecule has 0 spiro atoms. The largest absolute Gasteiger partial charge is 0.390 e. The van der Waals surface area contributed by atoms with Crippen LogP contribution in [-0.2, 0) is 0 Å². The van der Waals surface area contributed by atoms with E-state index >= 15 is 4.39 Å². The van der Waals surface area contributed by atoms with Gasteiger partial charge in [0, 0.05) is 17.5 Å². The molecule has 0 amide bonds. The number of aliphatic hydroxyl groups excluding tert-OH is 1. The number of hydrogen-bond acceptors (Lipinski definition) is 3. The second-order valence-corrected chi connectivity index (χ2v) is 9.22. The minimum atomic E-state index is -1.26. The summed E-state index contributed by atoms with van der Waals surface area (Å²) in [5.74, 6) is -0.730. The fourth-order valence-corrected chi connectivity index (χ4v) is 5.03. The zero-order chi connectivity index (χ0) is 23.0. The average Bonchev–Trinajstić information content (AvgIpc) is 3.37. The molecule has 0 bridgehead atoms. The van der Waals surface area contributed by atoms with E-state index in [1.54, 1.807) is 25.5 Å². The van der Waals surface area contributed by atoms with Crippen LogP contribution in [0.15, 0.2) is 60.3 Å². The van der Waals surface area contributed by atoms with Gasteiger partial charge in [-0.15, -0.1) is 0 Å². The van der Waals surface area contributed by atoms with Crippen LogP contribution in [-0.4, -0.2) is 31.5 Å². The molecule has 2 aromatic rings. The molecule has 1 fully saturated rings. The highest BCUT2D eigenvalue weighted by Gasteiger charge is 2.42. The molecule has 170 valence electrons. The Bertz CT molecular complexity index is 1080. The first-order valence-electron chi connectivity index (χ1n) is 10.8. The van der Waals surface area contributed by atoms with Gasteiger partial charge < -0.3 is 14.8 Å². The fourth-order valence-electron chi connectivity index (χ4n) is 4.88. The van der Waals surface area contributed by atoms with Crippen LogP contribution in [0.5, 0.6) is 0 Å². The zero-order valence-corrected chi connectivity index (χ0v) is 18.7. The van der Waals surface area contributed by atoms with E-state index in [4.69, 9.17) is 11.6 Å². The third-order valence-corrected chi connectivity index (χ3v) is 7.18. The summed E-state index contributed by atoms with van der Waals surface area (Å²) in [6.07, 6.45) is 8.96. The van der Waals surface area contributed by atoms with Gasteiger partial charge in [-0.3, -0.25) is 0 Å². The lowest BCUT2D eigenvalue weighted by atomic mass is 9.74. The zero-order valence-electron chi connectivity index (χ0n) is 17.9. The highest BCUT2D eigenvalue weighted by atomic mass is 35.5. The first kappa shape index (κ1) is 22.9. The number of aromatic nitrogens is 2. The maximum Gasteiger partial charge on any atom is 0.141 e. The van der Waals surface area contributed by atoms with E-state index < -0.39 is 23.6 Å². The Balaban J connectivity index is 1.48. The third-order valence-electron chi connectivity index (χ3n) is 6.87. The van der Waals surface area contributed by atoms with Crippen molar-refractivity contribution in [3.8, 4) is 11.3 Å². The molecule has 1 aliphatic heterocycles. The van der Waals surface area contributed by atoms with Gasteiger partial charge in [0.05, 0.1) is 41.0 Å². The summed E-state index contributed by atoms with van der Waals surface area (Å²) in [5, 5.41) is 22.2. The molecule has 0 radical (unpaired) electrons. The van der Waals surface area contributed by atoms with Crippen LogP contribution in [0.25, 0.3) is 11.3 Å². The number of allylic oxidation sites excluding steroid dienone is 5. The van der Waals surface area contributed by atoms with E-state index in [2.05, 4.69) is 11.6 Å². The highest BCUT2D eigenvalue weighted by molar-refractivity contribution is 6.31. The Hall–Kier alpha value is -2.28. The second-order valence-electron chi connectivity index (χ2n) is 8.81. The van der Waals surface area contributed by atoms with Crippen LogP contribution in [0.4, 0.5) is 8.78 Å². The van der Waals surface area contributed by atoms with E-state index in [1.807, 2.05) is 16.7 Å². The van der Waals surface area contributed by atoms with Gasteiger partial charge in [-0.2, -0.15) is 0 Å². The molecule has 32 heavy (non-hydrogen) atoms. The molecule has 0 saturated heterocycles. The van der Waals surface area contributed by atoms with E-state index in [-0.39, 0.29) is 23.2 Å². The number of halogens is 3. The molecule has 4 nitrogen and oxygen atoms in total. The molecule has 1 aromatic heterocycles. The minimum Gasteiger partial charge on any atom is -0.390 e. The number of fused-ring (bicyclic) bond motifs is 3. The molecule has 2 aliphatic rings. The Labute approximate surface area is 191 Å². The summed E-state index contributed by atoms with van der Waals surface area (Å²) in [4.78, 5) is 4.19. The van der Waals surface area contributed by atoms with Crippen LogP contribution in [0.2, 0.25) is 0 Å². The number of rotatable bonds is 6. The number of aliphatic hydroxyl groups is 2. The number of aryl methyl sites for hydroxylation is 1. The van der Waals surface area contributed by atoms with Crippen molar-refractivity contribution in [2.24, 2.45) is 5.92 Å². The quantitative estimate of drug-likeness (QED) is 0.541. The normalized spacial score (nSPS) is 26.6. The maximum atomic E-state index is 15.0. The van der Waals surface area contributed by atoms with Crippen molar-refractivity contribution in [2.75, 3.05) is 0 Å². The van der Waals surface area contributed by atoms with Crippen LogP contribution < -0.4 is 0 Å². The summed E-state index contributed by atoms with van der Waals surface area (Å²) in [5.41, 5.74) is 1.43. The fraction of sp³-hybridized carbons (Fsp3) is 0.400. The van der Waals surface area contributed by atoms with Crippen LogP contribution in [0.3, 0.4) is 0 Å². The second kappa shape index (κ2) is 8.93. The van der Waals surface area contributed by atoms with Crippen LogP contribution >= 0.6 is 11.6 Å². The molecule has 1 aromatic carbocycles. The van der Waals surface area contributed by atoms with E-state index in [1.165, 1.54) is 6.08 Å². The van der Waals surface area contributed by atoms with Gasteiger partial charge in [-0.25, -0.2) is 13.8 Å². The lowest BCUT2D eigenvalue weighted by Gasteiger charge is -2.39.